The molecule has 0 rings (SSSR count). The lowest BCUT2D eigenvalue weighted by molar-refractivity contribution is 0.505. The third-order valence-corrected chi connectivity index (χ3v) is 0. The molecule has 0 aliphatic carbocycles. The van der Waals surface area contributed by atoms with Crippen molar-refractivity contribution in [3.63, 3.8) is 0 Å². The maximum absolute atomic E-state index is 7.54. The van der Waals surface area contributed by atoms with Crippen LogP contribution in [0.2, 0.25) is 0 Å². The summed E-state index contributed by atoms with van der Waals surface area (Å²) in [6.45, 7) is 0. The zero-order valence-electron chi connectivity index (χ0n) is 3.58. The van der Waals surface area contributed by atoms with Crippen LogP contribution in [0.25, 0.3) is 0 Å². The Morgan fingerprint density at radius 2 is 0.750 bits per heavy atom. The fraction of sp³-hybridized carbons (Fsp3) is 0. The predicted octanol–water partition coefficient (Wildman–Crippen LogP) is 0.255. The lowest BCUT2D eigenvalue weighted by Crippen LogP contribution is -1.41. The van der Waals surface area contributed by atoms with Gasteiger partial charge in [-0.15, -0.1) is 0 Å². The third kappa shape index (κ3) is 155. The molecule has 0 bridgehead atoms. The first kappa shape index (κ1) is 12.1. The Morgan fingerprint density at radius 3 is 0.750 bits per heavy atom. The highest BCUT2D eigenvalue weighted by atomic mass is 32.7. The average molecular weight is 196 g/mol. The van der Waals surface area contributed by atoms with Crippen LogP contribution in [0, 0.1) is 0 Å². The number of hydrogen-bond acceptors (Lipinski definition) is 6. The Hall–Kier alpha value is 1.40. The monoisotopic (exact) mass is 196 g/mol. The Bertz CT molecular complexity index is 27.5. The van der Waals surface area contributed by atoms with Gasteiger partial charge < -0.3 is 19.6 Å². The van der Waals surface area contributed by atoms with Gasteiger partial charge in [-0.2, -0.15) is 0 Å². The summed E-state index contributed by atoms with van der Waals surface area (Å²) in [5.41, 5.74) is 0. The molecule has 0 atom stereocenters. The van der Waals surface area contributed by atoms with E-state index < -0.39 is 15.2 Å². The minimum Gasteiger partial charge on any atom is -0.342 e. The minimum atomic E-state index is -1.93. The molecule has 0 aromatic rings. The number of hydrogen-bond donors (Lipinski definition) is 6. The van der Waals surface area contributed by atoms with E-state index in [0.29, 0.717) is 0 Å². The molecule has 4 N–H and O–H groups in total. The van der Waals surface area contributed by atoms with Crippen molar-refractivity contribution in [2.75, 3.05) is 0 Å². The van der Waals surface area contributed by atoms with E-state index in [4.69, 9.17) is 19.6 Å². The molecular weight excluding hydrogens is 190 g/mol. The summed E-state index contributed by atoms with van der Waals surface area (Å²) in [6.07, 6.45) is 0. The SMILES string of the molecule is OP(O)S.OP(O)S. The molecule has 0 saturated carbocycles. The largest absolute Gasteiger partial charge is 0.342 e. The molecule has 0 amide bonds. The Balaban J connectivity index is 0. The third-order valence-electron chi connectivity index (χ3n) is 0. The molecule has 8 heavy (non-hydrogen) atoms. The maximum Gasteiger partial charge on any atom is 0.229 e. The first-order valence-electron chi connectivity index (χ1n) is 1.20. The van der Waals surface area contributed by atoms with Gasteiger partial charge in [0.25, 0.3) is 0 Å². The van der Waals surface area contributed by atoms with E-state index in [9.17, 15) is 0 Å². The van der Waals surface area contributed by atoms with Crippen molar-refractivity contribution in [1.82, 2.24) is 0 Å². The van der Waals surface area contributed by atoms with Crippen molar-refractivity contribution in [2.45, 2.75) is 0 Å². The van der Waals surface area contributed by atoms with Crippen LogP contribution in [0.1, 0.15) is 0 Å². The van der Waals surface area contributed by atoms with Gasteiger partial charge in [-0.05, 0) is 0 Å². The van der Waals surface area contributed by atoms with E-state index in [1.807, 2.05) is 0 Å². The highest BCUT2D eigenvalue weighted by Gasteiger charge is 1.74. The molecule has 0 spiro atoms. The van der Waals surface area contributed by atoms with Crippen molar-refractivity contribution < 1.29 is 19.6 Å². The van der Waals surface area contributed by atoms with E-state index in [2.05, 4.69) is 24.5 Å². The fourth-order valence-electron chi connectivity index (χ4n) is 0. The van der Waals surface area contributed by atoms with Crippen LogP contribution < -0.4 is 0 Å². The Morgan fingerprint density at radius 1 is 0.750 bits per heavy atom. The van der Waals surface area contributed by atoms with Gasteiger partial charge in [0.2, 0.25) is 15.2 Å². The summed E-state index contributed by atoms with van der Waals surface area (Å²) in [6, 6.07) is 0. The van der Waals surface area contributed by atoms with Gasteiger partial charge in [-0.3, -0.25) is 0 Å². The summed E-state index contributed by atoms with van der Waals surface area (Å²) in [7, 11) is -3.85. The van der Waals surface area contributed by atoms with E-state index in [-0.39, 0.29) is 0 Å². The highest BCUT2D eigenvalue weighted by molar-refractivity contribution is 8.41. The van der Waals surface area contributed by atoms with Gasteiger partial charge in [0.15, 0.2) is 0 Å². The first-order valence-corrected chi connectivity index (χ1v) is 6.00. The van der Waals surface area contributed by atoms with Crippen molar-refractivity contribution in [2.24, 2.45) is 0 Å². The molecule has 0 fully saturated rings. The van der Waals surface area contributed by atoms with Crippen LogP contribution in [0.5, 0.6) is 0 Å². The van der Waals surface area contributed by atoms with Crippen LogP contribution in [-0.4, -0.2) is 19.6 Å². The highest BCUT2D eigenvalue weighted by Crippen LogP contribution is 2.27. The van der Waals surface area contributed by atoms with Crippen molar-refractivity contribution >= 4 is 39.7 Å². The topological polar surface area (TPSA) is 80.9 Å². The van der Waals surface area contributed by atoms with Crippen LogP contribution in [0.15, 0.2) is 0 Å². The first-order chi connectivity index (χ1) is 3.46. The van der Waals surface area contributed by atoms with Crippen LogP contribution in [0.4, 0.5) is 0 Å². The molecule has 8 heteroatoms. The molecule has 52 valence electrons. The van der Waals surface area contributed by atoms with Crippen LogP contribution in [0.3, 0.4) is 0 Å². The molecule has 4 nitrogen and oxygen atoms in total. The van der Waals surface area contributed by atoms with Gasteiger partial charge in [-0.1, -0.05) is 24.5 Å². The van der Waals surface area contributed by atoms with Gasteiger partial charge in [0.05, 0.1) is 0 Å². The average Bonchev–Trinajstić information content (AvgIpc) is 1.25. The lowest BCUT2D eigenvalue weighted by Gasteiger charge is -1.77. The summed E-state index contributed by atoms with van der Waals surface area (Å²) in [4.78, 5) is 30.2. The molecule has 0 aliphatic heterocycles. The van der Waals surface area contributed by atoms with Crippen molar-refractivity contribution in [3.8, 4) is 0 Å². The normalized spacial score (nSPS) is 9.00. The lowest BCUT2D eigenvalue weighted by atomic mass is 15.9. The quantitative estimate of drug-likeness (QED) is 0.248. The second kappa shape index (κ2) is 8.40. The molecule has 0 unspecified atom stereocenters. The molecule has 0 saturated heterocycles. The zero-order valence-corrected chi connectivity index (χ0v) is 7.16. The van der Waals surface area contributed by atoms with E-state index in [1.54, 1.807) is 0 Å². The second-order valence-corrected chi connectivity index (χ2v) is 3.76. The molecule has 0 aromatic heterocycles. The maximum atomic E-state index is 7.54. The van der Waals surface area contributed by atoms with Crippen molar-refractivity contribution in [3.05, 3.63) is 0 Å². The summed E-state index contributed by atoms with van der Waals surface area (Å²) < 4.78 is 0. The molecule has 0 aliphatic rings. The van der Waals surface area contributed by atoms with Crippen LogP contribution >= 0.6 is 39.7 Å². The number of rotatable bonds is 0. The summed E-state index contributed by atoms with van der Waals surface area (Å²) in [5.74, 6) is 0. The van der Waals surface area contributed by atoms with Gasteiger partial charge in [-0.25, -0.2) is 0 Å². The standard InChI is InChI=1S/2H3O2PS/c2*1-3(2)4/h2*1-2,4H. The molecule has 0 heterocycles. The van der Waals surface area contributed by atoms with E-state index in [1.165, 1.54) is 0 Å². The smallest absolute Gasteiger partial charge is 0.229 e. The van der Waals surface area contributed by atoms with Gasteiger partial charge in [0, 0.05) is 0 Å². The van der Waals surface area contributed by atoms with Gasteiger partial charge in [0.1, 0.15) is 0 Å². The Labute approximate surface area is 59.7 Å². The van der Waals surface area contributed by atoms with Crippen LogP contribution in [-0.2, 0) is 0 Å². The predicted molar refractivity (Wildman–Crippen MR) is 40.7 cm³/mol. The second-order valence-electron chi connectivity index (χ2n) is 0.537. The van der Waals surface area contributed by atoms with Gasteiger partial charge >= 0.3 is 0 Å². The minimum absolute atomic E-state index is 1.93. The van der Waals surface area contributed by atoms with Crippen molar-refractivity contribution in [1.29, 1.82) is 0 Å². The Kier molecular flexibility index (Phi) is 12.7. The number of thiol groups is 2. The fourth-order valence-corrected chi connectivity index (χ4v) is 0. The zero-order chi connectivity index (χ0) is 7.15. The molecular formula is H6O4P2S2. The van der Waals surface area contributed by atoms with E-state index in [0.717, 1.165) is 0 Å². The summed E-state index contributed by atoms with van der Waals surface area (Å²) >= 11 is 6.28. The molecule has 0 radical (unpaired) electrons. The summed E-state index contributed by atoms with van der Waals surface area (Å²) in [5, 5.41) is 0. The van der Waals surface area contributed by atoms with E-state index >= 15 is 0 Å². The molecule has 0 aromatic carbocycles.